The number of nitrogens with zero attached hydrogens (tertiary/aromatic N) is 1. The van der Waals surface area contributed by atoms with Crippen molar-refractivity contribution in [3.8, 4) is 0 Å². The fourth-order valence-corrected chi connectivity index (χ4v) is 2.90. The standard InChI is InChI=1S/C21H39N/c1-5-9-11-13-15-17-21(16-14-12-10-6-2)20(7-3)18-19-22-8-4/h7,18-19,21H,3,5-6,8-17H2,1-2,4H3/b20-18+,22-19?. The Morgan fingerprint density at radius 1 is 0.864 bits per heavy atom. The van der Waals surface area contributed by atoms with Crippen LogP contribution in [0.15, 0.2) is 29.3 Å². The van der Waals surface area contributed by atoms with E-state index in [9.17, 15) is 0 Å². The van der Waals surface area contributed by atoms with E-state index < -0.39 is 0 Å². The van der Waals surface area contributed by atoms with Crippen molar-refractivity contribution in [3.63, 3.8) is 0 Å². The highest BCUT2D eigenvalue weighted by atomic mass is 14.7. The lowest BCUT2D eigenvalue weighted by atomic mass is 9.87. The number of hydrogen-bond donors (Lipinski definition) is 0. The van der Waals surface area contributed by atoms with Gasteiger partial charge in [0.1, 0.15) is 0 Å². The van der Waals surface area contributed by atoms with Crippen molar-refractivity contribution in [2.75, 3.05) is 6.54 Å². The van der Waals surface area contributed by atoms with Gasteiger partial charge >= 0.3 is 0 Å². The number of hydrogen-bond acceptors (Lipinski definition) is 1. The van der Waals surface area contributed by atoms with Gasteiger partial charge in [-0.05, 0) is 37.3 Å². The van der Waals surface area contributed by atoms with Gasteiger partial charge in [0.2, 0.25) is 0 Å². The minimum atomic E-state index is 0.680. The average Bonchev–Trinajstić information content (AvgIpc) is 2.54. The van der Waals surface area contributed by atoms with E-state index in [1.54, 1.807) is 0 Å². The summed E-state index contributed by atoms with van der Waals surface area (Å²) < 4.78 is 0. The third-order valence-corrected chi connectivity index (χ3v) is 4.32. The van der Waals surface area contributed by atoms with Crippen LogP contribution in [0.3, 0.4) is 0 Å². The summed E-state index contributed by atoms with van der Waals surface area (Å²) in [6.07, 6.45) is 21.1. The van der Waals surface area contributed by atoms with E-state index in [-0.39, 0.29) is 0 Å². The Morgan fingerprint density at radius 2 is 1.41 bits per heavy atom. The molecule has 0 N–H and O–H groups in total. The van der Waals surface area contributed by atoms with Gasteiger partial charge in [0, 0.05) is 12.8 Å². The van der Waals surface area contributed by atoms with Gasteiger partial charge in [0.15, 0.2) is 0 Å². The van der Waals surface area contributed by atoms with Crippen LogP contribution in [0.1, 0.15) is 91.4 Å². The van der Waals surface area contributed by atoms with E-state index in [0.29, 0.717) is 5.92 Å². The van der Waals surface area contributed by atoms with Crippen molar-refractivity contribution in [1.29, 1.82) is 0 Å². The number of unbranched alkanes of at least 4 members (excludes halogenated alkanes) is 7. The third kappa shape index (κ3) is 11.8. The molecule has 1 unspecified atom stereocenters. The molecule has 0 amide bonds. The maximum absolute atomic E-state index is 4.32. The SMILES string of the molecule is C=C/C(=C\C=NCC)C(CCCCCC)CCCCCCC. The number of aliphatic imine (C=N–C) groups is 1. The highest BCUT2D eigenvalue weighted by molar-refractivity contribution is 5.73. The highest BCUT2D eigenvalue weighted by Crippen LogP contribution is 2.26. The maximum Gasteiger partial charge on any atom is 0.0360 e. The lowest BCUT2D eigenvalue weighted by molar-refractivity contribution is 0.459. The molecule has 0 bridgehead atoms. The molecular weight excluding hydrogens is 266 g/mol. The predicted molar refractivity (Wildman–Crippen MR) is 103 cm³/mol. The molecule has 0 rings (SSSR count). The Balaban J connectivity index is 4.42. The van der Waals surface area contributed by atoms with Crippen molar-refractivity contribution >= 4 is 6.21 Å². The first-order chi connectivity index (χ1) is 10.8. The second kappa shape index (κ2) is 16.5. The molecule has 0 aromatic rings. The van der Waals surface area contributed by atoms with Crippen molar-refractivity contribution in [1.82, 2.24) is 0 Å². The fourth-order valence-electron chi connectivity index (χ4n) is 2.90. The predicted octanol–water partition coefficient (Wildman–Crippen LogP) is 7.14. The van der Waals surface area contributed by atoms with Crippen LogP contribution in [0, 0.1) is 5.92 Å². The van der Waals surface area contributed by atoms with E-state index in [1.807, 2.05) is 6.21 Å². The van der Waals surface area contributed by atoms with Crippen LogP contribution >= 0.6 is 0 Å². The molecule has 128 valence electrons. The summed E-state index contributed by atoms with van der Waals surface area (Å²) in [5.41, 5.74) is 1.39. The smallest absolute Gasteiger partial charge is 0.0360 e. The van der Waals surface area contributed by atoms with Crippen LogP contribution in [-0.2, 0) is 0 Å². The summed E-state index contributed by atoms with van der Waals surface area (Å²) in [4.78, 5) is 4.32. The largest absolute Gasteiger partial charge is 0.293 e. The van der Waals surface area contributed by atoms with E-state index >= 15 is 0 Å². The monoisotopic (exact) mass is 305 g/mol. The minimum absolute atomic E-state index is 0.680. The summed E-state index contributed by atoms with van der Waals surface area (Å²) in [5, 5.41) is 0. The molecule has 0 saturated carbocycles. The zero-order chi connectivity index (χ0) is 16.5. The molecule has 0 aromatic carbocycles. The van der Waals surface area contributed by atoms with Crippen molar-refractivity contribution < 1.29 is 0 Å². The van der Waals surface area contributed by atoms with Crippen molar-refractivity contribution in [3.05, 3.63) is 24.3 Å². The lowest BCUT2D eigenvalue weighted by Gasteiger charge is -2.18. The topological polar surface area (TPSA) is 12.4 Å². The van der Waals surface area contributed by atoms with E-state index in [2.05, 4.69) is 44.5 Å². The van der Waals surface area contributed by atoms with Gasteiger partial charge in [0.25, 0.3) is 0 Å². The zero-order valence-electron chi connectivity index (χ0n) is 15.4. The minimum Gasteiger partial charge on any atom is -0.293 e. The van der Waals surface area contributed by atoms with E-state index in [4.69, 9.17) is 0 Å². The first kappa shape index (κ1) is 21.1. The van der Waals surface area contributed by atoms with Gasteiger partial charge in [-0.15, -0.1) is 0 Å². The number of allylic oxidation sites excluding steroid dienone is 3. The van der Waals surface area contributed by atoms with Crippen LogP contribution in [0.25, 0.3) is 0 Å². The third-order valence-electron chi connectivity index (χ3n) is 4.32. The van der Waals surface area contributed by atoms with Gasteiger partial charge in [-0.2, -0.15) is 0 Å². The molecule has 0 saturated heterocycles. The first-order valence-electron chi connectivity index (χ1n) is 9.62. The van der Waals surface area contributed by atoms with Crippen molar-refractivity contribution in [2.24, 2.45) is 10.9 Å². The second-order valence-electron chi connectivity index (χ2n) is 6.27. The Hall–Kier alpha value is -0.850. The molecule has 0 aromatic heterocycles. The van der Waals surface area contributed by atoms with Crippen molar-refractivity contribution in [2.45, 2.75) is 91.4 Å². The molecule has 0 aliphatic heterocycles. The summed E-state index contributed by atoms with van der Waals surface area (Å²) in [6, 6.07) is 0. The maximum atomic E-state index is 4.32. The van der Waals surface area contributed by atoms with Crippen LogP contribution in [-0.4, -0.2) is 12.8 Å². The molecule has 1 heteroatoms. The molecule has 1 nitrogen and oxygen atoms in total. The zero-order valence-corrected chi connectivity index (χ0v) is 15.4. The van der Waals surface area contributed by atoms with Crippen LogP contribution < -0.4 is 0 Å². The van der Waals surface area contributed by atoms with Gasteiger partial charge in [-0.25, -0.2) is 0 Å². The van der Waals surface area contributed by atoms with Crippen LogP contribution in [0.4, 0.5) is 0 Å². The molecule has 0 radical (unpaired) electrons. The fraction of sp³-hybridized carbons (Fsp3) is 0.762. The lowest BCUT2D eigenvalue weighted by Crippen LogP contribution is -2.04. The Kier molecular flexibility index (Phi) is 15.9. The van der Waals surface area contributed by atoms with E-state index in [1.165, 1.54) is 76.2 Å². The molecule has 0 heterocycles. The Labute approximate surface area is 140 Å². The van der Waals surface area contributed by atoms with Gasteiger partial charge in [-0.1, -0.05) is 84.3 Å². The van der Waals surface area contributed by atoms with E-state index in [0.717, 1.165) is 6.54 Å². The normalized spacial score (nSPS) is 13.7. The summed E-state index contributed by atoms with van der Waals surface area (Å²) >= 11 is 0. The molecule has 0 aliphatic carbocycles. The van der Waals surface area contributed by atoms with Gasteiger partial charge in [-0.3, -0.25) is 4.99 Å². The summed E-state index contributed by atoms with van der Waals surface area (Å²) in [5.74, 6) is 0.680. The molecule has 22 heavy (non-hydrogen) atoms. The molecule has 0 spiro atoms. The molecule has 0 aliphatic rings. The average molecular weight is 306 g/mol. The number of rotatable bonds is 15. The highest BCUT2D eigenvalue weighted by Gasteiger charge is 2.11. The van der Waals surface area contributed by atoms with Crippen LogP contribution in [0.2, 0.25) is 0 Å². The Bertz CT molecular complexity index is 301. The molecule has 1 atom stereocenters. The first-order valence-corrected chi connectivity index (χ1v) is 9.62. The Morgan fingerprint density at radius 3 is 1.91 bits per heavy atom. The summed E-state index contributed by atoms with van der Waals surface area (Å²) in [6.45, 7) is 11.5. The molecule has 0 fully saturated rings. The molecular formula is C21H39N. The van der Waals surface area contributed by atoms with Gasteiger partial charge < -0.3 is 0 Å². The summed E-state index contributed by atoms with van der Waals surface area (Å²) in [7, 11) is 0. The quantitative estimate of drug-likeness (QED) is 0.173. The van der Waals surface area contributed by atoms with Gasteiger partial charge in [0.05, 0.1) is 0 Å². The second-order valence-corrected chi connectivity index (χ2v) is 6.27. The van der Waals surface area contributed by atoms with Crippen LogP contribution in [0.5, 0.6) is 0 Å².